The number of carbonyl (C=O) groups excluding carboxylic acids is 2. The molecule has 12 heteroatoms. The number of hydrogen-bond donors (Lipinski definition) is 1. The van der Waals surface area contributed by atoms with Crippen molar-refractivity contribution < 1.29 is 22.7 Å². The molecule has 0 saturated carbocycles. The fraction of sp³-hybridized carbons (Fsp3) is 0.133. The number of fused-ring (bicyclic) bond motifs is 1. The minimum Gasteiger partial charge on any atom is -0.468 e. The summed E-state index contributed by atoms with van der Waals surface area (Å²) >= 11 is 7.98. The van der Waals surface area contributed by atoms with Crippen molar-refractivity contribution in [1.29, 1.82) is 0 Å². The number of amides is 1. The molecule has 0 bridgehead atoms. The Morgan fingerprint density at radius 2 is 2.00 bits per heavy atom. The quantitative estimate of drug-likeness (QED) is 0.615. The number of thiophene rings is 1. The summed E-state index contributed by atoms with van der Waals surface area (Å²) in [6.07, 6.45) is 0. The van der Waals surface area contributed by atoms with Crippen molar-refractivity contribution in [3.05, 3.63) is 44.3 Å². The van der Waals surface area contributed by atoms with Crippen LogP contribution >= 0.6 is 34.3 Å². The van der Waals surface area contributed by atoms with Crippen LogP contribution in [-0.4, -0.2) is 32.0 Å². The fourth-order valence-electron chi connectivity index (χ4n) is 2.23. The van der Waals surface area contributed by atoms with Gasteiger partial charge in [0.05, 0.1) is 31.4 Å². The van der Waals surface area contributed by atoms with E-state index in [1.165, 1.54) is 29.9 Å². The molecule has 0 aliphatic rings. The topological polar surface area (TPSA) is 121 Å². The molecule has 2 aromatic heterocycles. The first-order valence-corrected chi connectivity index (χ1v) is 10.8. The summed E-state index contributed by atoms with van der Waals surface area (Å²) in [5, 5.41) is 5.16. The number of hydrogen-bond acceptors (Lipinski definition) is 7. The van der Waals surface area contributed by atoms with Gasteiger partial charge in [-0.05, 0) is 30.3 Å². The first kappa shape index (κ1) is 19.7. The number of aromatic nitrogens is 1. The Morgan fingerprint density at radius 1 is 1.26 bits per heavy atom. The maximum absolute atomic E-state index is 12.4. The molecular formula is C15H12ClN3O5S3. The lowest BCUT2D eigenvalue weighted by atomic mass is 10.3. The van der Waals surface area contributed by atoms with Crippen LogP contribution in [0.15, 0.2) is 40.2 Å². The third-order valence-electron chi connectivity index (χ3n) is 3.48. The predicted octanol–water partition coefficient (Wildman–Crippen LogP) is 1.98. The van der Waals surface area contributed by atoms with E-state index in [2.05, 4.69) is 9.73 Å². The highest BCUT2D eigenvalue weighted by Crippen LogP contribution is 2.23. The maximum atomic E-state index is 12.4. The maximum Gasteiger partial charge on any atom is 0.325 e. The molecule has 0 aliphatic heterocycles. The van der Waals surface area contributed by atoms with Crippen LogP contribution in [0.4, 0.5) is 0 Å². The second-order valence-electron chi connectivity index (χ2n) is 5.24. The van der Waals surface area contributed by atoms with Crippen molar-refractivity contribution in [2.75, 3.05) is 7.11 Å². The van der Waals surface area contributed by atoms with E-state index in [9.17, 15) is 18.0 Å². The normalized spacial score (nSPS) is 12.5. The lowest BCUT2D eigenvalue weighted by molar-refractivity contribution is -0.141. The first-order chi connectivity index (χ1) is 12.7. The van der Waals surface area contributed by atoms with E-state index in [-0.39, 0.29) is 16.2 Å². The zero-order valence-corrected chi connectivity index (χ0v) is 16.9. The Labute approximate surface area is 166 Å². The smallest absolute Gasteiger partial charge is 0.325 e. The van der Waals surface area contributed by atoms with Gasteiger partial charge in [-0.25, -0.2) is 13.6 Å². The zero-order chi connectivity index (χ0) is 19.8. The average molecular weight is 446 g/mol. The highest BCUT2D eigenvalue weighted by atomic mass is 35.5. The fourth-order valence-corrected chi connectivity index (χ4v) is 4.84. The molecule has 3 rings (SSSR count). The second kappa shape index (κ2) is 7.52. The van der Waals surface area contributed by atoms with E-state index >= 15 is 0 Å². The zero-order valence-electron chi connectivity index (χ0n) is 13.7. The average Bonchev–Trinajstić information content (AvgIpc) is 3.17. The van der Waals surface area contributed by atoms with Gasteiger partial charge in [-0.15, -0.1) is 11.3 Å². The Kier molecular flexibility index (Phi) is 5.49. The van der Waals surface area contributed by atoms with Gasteiger partial charge in [0.1, 0.15) is 6.54 Å². The summed E-state index contributed by atoms with van der Waals surface area (Å²) in [6.45, 7) is -0.192. The highest BCUT2D eigenvalue weighted by Gasteiger charge is 2.16. The van der Waals surface area contributed by atoms with Crippen LogP contribution in [0.1, 0.15) is 9.67 Å². The van der Waals surface area contributed by atoms with Crippen LogP contribution in [0.25, 0.3) is 10.2 Å². The first-order valence-electron chi connectivity index (χ1n) is 7.26. The molecule has 0 unspecified atom stereocenters. The van der Waals surface area contributed by atoms with Gasteiger partial charge in [0.15, 0.2) is 4.80 Å². The van der Waals surface area contributed by atoms with Gasteiger partial charge in [0, 0.05) is 0 Å². The van der Waals surface area contributed by atoms with Crippen molar-refractivity contribution in [1.82, 2.24) is 4.57 Å². The number of thiazole rings is 1. The van der Waals surface area contributed by atoms with Gasteiger partial charge < -0.3 is 9.30 Å². The largest absolute Gasteiger partial charge is 0.468 e. The number of ether oxygens (including phenoxy) is 1. The minimum absolute atomic E-state index is 0.0793. The second-order valence-corrected chi connectivity index (χ2v) is 9.53. The summed E-state index contributed by atoms with van der Waals surface area (Å²) in [7, 11) is -2.65. The van der Waals surface area contributed by atoms with Crippen molar-refractivity contribution >= 4 is 66.4 Å². The van der Waals surface area contributed by atoms with Crippen molar-refractivity contribution in [2.24, 2.45) is 10.1 Å². The summed E-state index contributed by atoms with van der Waals surface area (Å²) in [5.74, 6) is -1.07. The summed E-state index contributed by atoms with van der Waals surface area (Å²) < 4.78 is 30.3. The molecular weight excluding hydrogens is 434 g/mol. The van der Waals surface area contributed by atoms with E-state index in [4.69, 9.17) is 16.7 Å². The van der Waals surface area contributed by atoms with E-state index < -0.39 is 21.9 Å². The molecule has 0 fully saturated rings. The predicted molar refractivity (Wildman–Crippen MR) is 102 cm³/mol. The number of rotatable bonds is 4. The van der Waals surface area contributed by atoms with Crippen LogP contribution in [-0.2, 0) is 26.1 Å². The number of carbonyl (C=O) groups is 2. The van der Waals surface area contributed by atoms with Crippen LogP contribution < -0.4 is 9.94 Å². The molecule has 0 radical (unpaired) electrons. The Morgan fingerprint density at radius 3 is 2.59 bits per heavy atom. The summed E-state index contributed by atoms with van der Waals surface area (Å²) in [4.78, 5) is 28.7. The van der Waals surface area contributed by atoms with E-state index in [0.29, 0.717) is 19.4 Å². The van der Waals surface area contributed by atoms with Crippen molar-refractivity contribution in [2.45, 2.75) is 11.4 Å². The lowest BCUT2D eigenvalue weighted by Crippen LogP contribution is -2.22. The number of nitrogens with zero attached hydrogens (tertiary/aromatic N) is 2. The lowest BCUT2D eigenvalue weighted by Gasteiger charge is -2.04. The molecule has 0 atom stereocenters. The molecule has 3 aromatic rings. The Balaban J connectivity index is 2.19. The van der Waals surface area contributed by atoms with Crippen molar-refractivity contribution in [3.63, 3.8) is 0 Å². The molecule has 142 valence electrons. The SMILES string of the molecule is COC(=O)Cn1c(=NC(=O)c2ccc(Cl)s2)sc2cc(S(N)(=O)=O)ccc21. The van der Waals surface area contributed by atoms with E-state index in [1.807, 2.05) is 0 Å². The number of nitrogens with two attached hydrogens (primary N) is 1. The minimum atomic E-state index is -3.89. The number of primary sulfonamides is 1. The van der Waals surface area contributed by atoms with Gasteiger partial charge in [0.2, 0.25) is 10.0 Å². The molecule has 8 nitrogen and oxygen atoms in total. The van der Waals surface area contributed by atoms with Crippen LogP contribution in [0.5, 0.6) is 0 Å². The molecule has 0 saturated heterocycles. The molecule has 2 heterocycles. The Bertz CT molecular complexity index is 1220. The van der Waals surface area contributed by atoms with E-state index in [0.717, 1.165) is 22.7 Å². The number of halogens is 1. The summed E-state index contributed by atoms with van der Waals surface area (Å²) in [5.41, 5.74) is 0.522. The molecule has 0 spiro atoms. The van der Waals surface area contributed by atoms with Gasteiger partial charge in [-0.3, -0.25) is 9.59 Å². The van der Waals surface area contributed by atoms with Gasteiger partial charge in [0.25, 0.3) is 5.91 Å². The van der Waals surface area contributed by atoms with Crippen molar-refractivity contribution in [3.8, 4) is 0 Å². The standard InChI is InChI=1S/C15H12ClN3O5S3/c1-24-13(20)7-19-9-3-2-8(27(17,22)23)6-11(9)26-15(19)18-14(21)10-4-5-12(16)25-10/h2-6H,7H2,1H3,(H2,17,22,23). The van der Waals surface area contributed by atoms with Crippen LogP contribution in [0, 0.1) is 0 Å². The van der Waals surface area contributed by atoms with Crippen LogP contribution in [0.2, 0.25) is 4.34 Å². The number of esters is 1. The van der Waals surface area contributed by atoms with Gasteiger partial charge in [-0.2, -0.15) is 4.99 Å². The Hall–Kier alpha value is -2.05. The van der Waals surface area contributed by atoms with E-state index in [1.54, 1.807) is 12.1 Å². The number of methoxy groups -OCH3 is 1. The van der Waals surface area contributed by atoms with Gasteiger partial charge in [-0.1, -0.05) is 22.9 Å². The van der Waals surface area contributed by atoms with Gasteiger partial charge >= 0.3 is 5.97 Å². The monoisotopic (exact) mass is 445 g/mol. The summed E-state index contributed by atoms with van der Waals surface area (Å²) in [6, 6.07) is 7.33. The highest BCUT2D eigenvalue weighted by molar-refractivity contribution is 7.89. The molecule has 27 heavy (non-hydrogen) atoms. The molecule has 1 aromatic carbocycles. The van der Waals surface area contributed by atoms with Crippen LogP contribution in [0.3, 0.4) is 0 Å². The molecule has 0 aliphatic carbocycles. The number of benzene rings is 1. The third kappa shape index (κ3) is 4.28. The molecule has 2 N–H and O–H groups in total. The number of sulfonamides is 1. The molecule has 1 amide bonds. The third-order valence-corrected chi connectivity index (χ3v) is 6.65.